The van der Waals surface area contributed by atoms with Crippen LogP contribution in [0, 0.1) is 5.92 Å². The van der Waals surface area contributed by atoms with Gasteiger partial charge in [-0.3, -0.25) is 0 Å². The van der Waals surface area contributed by atoms with E-state index in [2.05, 4.69) is 0 Å². The number of methoxy groups -OCH3 is 1. The predicted octanol–water partition coefficient (Wildman–Crippen LogP) is 0.394. The molecule has 1 aliphatic heterocycles. The van der Waals surface area contributed by atoms with Crippen molar-refractivity contribution in [3.63, 3.8) is 0 Å². The first-order valence-electron chi connectivity index (χ1n) is 4.67. The first-order chi connectivity index (χ1) is 6.38. The molecule has 0 unspecified atom stereocenters. The van der Waals surface area contributed by atoms with Crippen LogP contribution in [-0.4, -0.2) is 44.9 Å². The highest BCUT2D eigenvalue weighted by Crippen LogP contribution is 2.19. The van der Waals surface area contributed by atoms with E-state index in [9.17, 15) is 0 Å². The van der Waals surface area contributed by atoms with Gasteiger partial charge in [-0.15, -0.1) is 0 Å². The maximum Gasteiger partial charge on any atom is 0.146 e. The summed E-state index contributed by atoms with van der Waals surface area (Å²) in [6.45, 7) is 1.80. The van der Waals surface area contributed by atoms with E-state index in [0.29, 0.717) is 12.5 Å². The molecule has 0 aromatic rings. The third kappa shape index (κ3) is 3.60. The molecule has 1 fully saturated rings. The normalized spacial score (nSPS) is 25.8. The molecule has 1 heterocycles. The monoisotopic (exact) mass is 190 g/mol. The highest BCUT2D eigenvalue weighted by molar-refractivity contribution is 4.72. The zero-order chi connectivity index (χ0) is 9.52. The molecule has 78 valence electrons. The summed E-state index contributed by atoms with van der Waals surface area (Å²) in [6, 6.07) is 0. The molecule has 1 N–H and O–H groups in total. The second kappa shape index (κ2) is 6.32. The second-order valence-corrected chi connectivity index (χ2v) is 3.27. The number of ether oxygens (including phenoxy) is 3. The van der Waals surface area contributed by atoms with Gasteiger partial charge in [-0.25, -0.2) is 0 Å². The van der Waals surface area contributed by atoms with Crippen LogP contribution in [-0.2, 0) is 14.2 Å². The minimum Gasteiger partial charge on any atom is -0.394 e. The summed E-state index contributed by atoms with van der Waals surface area (Å²) < 4.78 is 15.4. The number of hydrogen-bond acceptors (Lipinski definition) is 4. The average Bonchev–Trinajstić information content (AvgIpc) is 2.21. The Morgan fingerprint density at radius 2 is 2.46 bits per heavy atom. The van der Waals surface area contributed by atoms with E-state index in [-0.39, 0.29) is 19.5 Å². The summed E-state index contributed by atoms with van der Waals surface area (Å²) in [6.07, 6.45) is 1.98. The molecule has 0 aliphatic carbocycles. The molecule has 2 atom stereocenters. The summed E-state index contributed by atoms with van der Waals surface area (Å²) in [5.74, 6) is 0.314. The maximum absolute atomic E-state index is 9.07. The third-order valence-electron chi connectivity index (χ3n) is 2.30. The van der Waals surface area contributed by atoms with Gasteiger partial charge in [0.1, 0.15) is 6.79 Å². The summed E-state index contributed by atoms with van der Waals surface area (Å²) in [4.78, 5) is 0. The Labute approximate surface area is 78.8 Å². The average molecular weight is 190 g/mol. The van der Waals surface area contributed by atoms with Crippen LogP contribution in [0.4, 0.5) is 0 Å². The van der Waals surface area contributed by atoms with Crippen molar-refractivity contribution in [2.45, 2.75) is 18.9 Å². The highest BCUT2D eigenvalue weighted by Gasteiger charge is 2.24. The van der Waals surface area contributed by atoms with E-state index in [4.69, 9.17) is 19.3 Å². The van der Waals surface area contributed by atoms with Gasteiger partial charge in [-0.05, 0) is 12.8 Å². The first-order valence-corrected chi connectivity index (χ1v) is 4.67. The fourth-order valence-electron chi connectivity index (χ4n) is 1.55. The Hall–Kier alpha value is -0.160. The van der Waals surface area contributed by atoms with Crippen molar-refractivity contribution >= 4 is 0 Å². The van der Waals surface area contributed by atoms with Crippen molar-refractivity contribution in [1.82, 2.24) is 0 Å². The zero-order valence-corrected chi connectivity index (χ0v) is 8.07. The molecule has 0 spiro atoms. The fraction of sp³-hybridized carbons (Fsp3) is 1.00. The summed E-state index contributed by atoms with van der Waals surface area (Å²) in [5, 5.41) is 9.07. The lowest BCUT2D eigenvalue weighted by Crippen LogP contribution is -2.34. The molecule has 4 nitrogen and oxygen atoms in total. The predicted molar refractivity (Wildman–Crippen MR) is 47.4 cm³/mol. The maximum atomic E-state index is 9.07. The molecular formula is C9H18O4. The Kier molecular flexibility index (Phi) is 5.31. The van der Waals surface area contributed by atoms with Crippen LogP contribution < -0.4 is 0 Å². The fourth-order valence-corrected chi connectivity index (χ4v) is 1.55. The van der Waals surface area contributed by atoms with Gasteiger partial charge in [0.2, 0.25) is 0 Å². The standard InChI is InChI=1S/C9H18O4/c1-11-7-13-9(5-10)8-3-2-4-12-6-8/h8-10H,2-7H2,1H3/t8-,9+/m0/s1. The van der Waals surface area contributed by atoms with Crippen LogP contribution in [0.2, 0.25) is 0 Å². The van der Waals surface area contributed by atoms with E-state index in [1.165, 1.54) is 0 Å². The molecule has 4 heteroatoms. The lowest BCUT2D eigenvalue weighted by atomic mass is 9.96. The van der Waals surface area contributed by atoms with Gasteiger partial charge in [0.15, 0.2) is 0 Å². The minimum atomic E-state index is -0.139. The minimum absolute atomic E-state index is 0.0391. The summed E-state index contributed by atoms with van der Waals surface area (Å²) >= 11 is 0. The molecule has 0 aromatic carbocycles. The molecule has 0 aromatic heterocycles. The smallest absolute Gasteiger partial charge is 0.146 e. The van der Waals surface area contributed by atoms with Crippen LogP contribution in [0.1, 0.15) is 12.8 Å². The van der Waals surface area contributed by atoms with Gasteiger partial charge in [0, 0.05) is 19.6 Å². The van der Waals surface area contributed by atoms with E-state index >= 15 is 0 Å². The number of aliphatic hydroxyl groups is 1. The van der Waals surface area contributed by atoms with E-state index < -0.39 is 0 Å². The molecule has 13 heavy (non-hydrogen) atoms. The SMILES string of the molecule is COCO[C@H](CO)[C@H]1CCCOC1. The van der Waals surface area contributed by atoms with Crippen molar-refractivity contribution < 1.29 is 19.3 Å². The molecule has 0 saturated carbocycles. The van der Waals surface area contributed by atoms with Gasteiger partial charge in [-0.2, -0.15) is 0 Å². The summed E-state index contributed by atoms with van der Waals surface area (Å²) in [7, 11) is 1.58. The lowest BCUT2D eigenvalue weighted by Gasteiger charge is -2.28. The van der Waals surface area contributed by atoms with Crippen molar-refractivity contribution in [2.24, 2.45) is 5.92 Å². The van der Waals surface area contributed by atoms with E-state index in [0.717, 1.165) is 19.4 Å². The quantitative estimate of drug-likeness (QED) is 0.637. The molecule has 1 rings (SSSR count). The summed E-state index contributed by atoms with van der Waals surface area (Å²) in [5.41, 5.74) is 0. The third-order valence-corrected chi connectivity index (χ3v) is 2.30. The van der Waals surface area contributed by atoms with Crippen LogP contribution in [0.15, 0.2) is 0 Å². The lowest BCUT2D eigenvalue weighted by molar-refractivity contribution is -0.126. The number of aliphatic hydroxyl groups excluding tert-OH is 1. The van der Waals surface area contributed by atoms with Crippen molar-refractivity contribution in [1.29, 1.82) is 0 Å². The Morgan fingerprint density at radius 3 is 3.00 bits per heavy atom. The second-order valence-electron chi connectivity index (χ2n) is 3.27. The molecule has 0 amide bonds. The van der Waals surface area contributed by atoms with Crippen molar-refractivity contribution in [3.8, 4) is 0 Å². The van der Waals surface area contributed by atoms with E-state index in [1.54, 1.807) is 7.11 Å². The molecule has 1 aliphatic rings. The van der Waals surface area contributed by atoms with Gasteiger partial charge < -0.3 is 19.3 Å². The van der Waals surface area contributed by atoms with Crippen LogP contribution in [0.3, 0.4) is 0 Å². The van der Waals surface area contributed by atoms with Gasteiger partial charge in [-0.1, -0.05) is 0 Å². The van der Waals surface area contributed by atoms with Crippen LogP contribution in [0.5, 0.6) is 0 Å². The zero-order valence-electron chi connectivity index (χ0n) is 8.07. The van der Waals surface area contributed by atoms with E-state index in [1.807, 2.05) is 0 Å². The van der Waals surface area contributed by atoms with Crippen molar-refractivity contribution in [3.05, 3.63) is 0 Å². The number of rotatable bonds is 5. The molecular weight excluding hydrogens is 172 g/mol. The van der Waals surface area contributed by atoms with Crippen LogP contribution in [0.25, 0.3) is 0 Å². The van der Waals surface area contributed by atoms with Gasteiger partial charge in [0.05, 0.1) is 19.3 Å². The topological polar surface area (TPSA) is 47.9 Å². The molecule has 1 saturated heterocycles. The van der Waals surface area contributed by atoms with Gasteiger partial charge >= 0.3 is 0 Å². The Balaban J connectivity index is 2.26. The largest absolute Gasteiger partial charge is 0.394 e. The highest BCUT2D eigenvalue weighted by atomic mass is 16.7. The van der Waals surface area contributed by atoms with Gasteiger partial charge in [0.25, 0.3) is 0 Å². The van der Waals surface area contributed by atoms with Crippen LogP contribution >= 0.6 is 0 Å². The Morgan fingerprint density at radius 1 is 1.62 bits per heavy atom. The number of hydrogen-bond donors (Lipinski definition) is 1. The molecule has 0 bridgehead atoms. The first kappa shape index (κ1) is 10.9. The van der Waals surface area contributed by atoms with Crippen molar-refractivity contribution in [2.75, 3.05) is 33.7 Å². The Bertz CT molecular complexity index is 123. The molecule has 0 radical (unpaired) electrons.